The average molecular weight is 441 g/mol. The number of hydrogen-bond donors (Lipinski definition) is 1. The van der Waals surface area contributed by atoms with Crippen LogP contribution in [0, 0.1) is 11.6 Å². The molecule has 1 unspecified atom stereocenters. The Bertz CT molecular complexity index is 976. The van der Waals surface area contributed by atoms with E-state index in [1.54, 1.807) is 19.1 Å². The SMILES string of the molecule is CC(Sc1ccc(F)c(F)c1)C(=O)Nc1ccc(S(=O)(=O)N2CCCCC2)cc1. The second-order valence-electron chi connectivity index (χ2n) is 6.81. The smallest absolute Gasteiger partial charge is 0.243 e. The first-order valence-electron chi connectivity index (χ1n) is 9.30. The van der Waals surface area contributed by atoms with Crippen LogP contribution in [0.15, 0.2) is 52.3 Å². The molecule has 1 amide bonds. The summed E-state index contributed by atoms with van der Waals surface area (Å²) >= 11 is 1.10. The minimum atomic E-state index is -3.52. The van der Waals surface area contributed by atoms with Crippen molar-refractivity contribution >= 4 is 33.4 Å². The first-order valence-corrected chi connectivity index (χ1v) is 11.6. The van der Waals surface area contributed by atoms with Gasteiger partial charge in [0.05, 0.1) is 10.1 Å². The molecule has 0 radical (unpaired) electrons. The number of nitrogens with zero attached hydrogens (tertiary/aromatic N) is 1. The highest BCUT2D eigenvalue weighted by atomic mass is 32.2. The van der Waals surface area contributed by atoms with Crippen LogP contribution in [0.5, 0.6) is 0 Å². The number of sulfonamides is 1. The highest BCUT2D eigenvalue weighted by Crippen LogP contribution is 2.26. The Kier molecular flexibility index (Phi) is 6.92. The number of carbonyl (C=O) groups excluding carboxylic acids is 1. The lowest BCUT2D eigenvalue weighted by atomic mass is 10.2. The topological polar surface area (TPSA) is 66.5 Å². The monoisotopic (exact) mass is 440 g/mol. The molecule has 1 aliphatic rings. The number of hydrogen-bond acceptors (Lipinski definition) is 4. The summed E-state index contributed by atoms with van der Waals surface area (Å²) in [5, 5.41) is 2.15. The predicted octanol–water partition coefficient (Wildman–Crippen LogP) is 4.26. The molecule has 3 rings (SSSR count). The second kappa shape index (κ2) is 9.23. The van der Waals surface area contributed by atoms with Crippen LogP contribution in [-0.4, -0.2) is 37.0 Å². The summed E-state index contributed by atoms with van der Waals surface area (Å²) in [7, 11) is -3.52. The number of amides is 1. The van der Waals surface area contributed by atoms with Crippen molar-refractivity contribution in [2.24, 2.45) is 0 Å². The van der Waals surface area contributed by atoms with Crippen LogP contribution in [0.2, 0.25) is 0 Å². The van der Waals surface area contributed by atoms with Crippen LogP contribution in [0.25, 0.3) is 0 Å². The normalized spacial score (nSPS) is 16.4. The summed E-state index contributed by atoms with van der Waals surface area (Å²) in [5.74, 6) is -2.23. The molecule has 1 heterocycles. The lowest BCUT2D eigenvalue weighted by Crippen LogP contribution is -2.35. The van der Waals surface area contributed by atoms with Gasteiger partial charge in [0.25, 0.3) is 0 Å². The van der Waals surface area contributed by atoms with Gasteiger partial charge in [-0.25, -0.2) is 17.2 Å². The van der Waals surface area contributed by atoms with Gasteiger partial charge >= 0.3 is 0 Å². The quantitative estimate of drug-likeness (QED) is 0.682. The van der Waals surface area contributed by atoms with Crippen molar-refractivity contribution in [3.8, 4) is 0 Å². The molecule has 1 aliphatic heterocycles. The molecule has 156 valence electrons. The first-order chi connectivity index (χ1) is 13.8. The summed E-state index contributed by atoms with van der Waals surface area (Å²) in [4.78, 5) is 13.0. The number of thioether (sulfide) groups is 1. The van der Waals surface area contributed by atoms with E-state index in [4.69, 9.17) is 0 Å². The highest BCUT2D eigenvalue weighted by molar-refractivity contribution is 8.00. The molecule has 1 fully saturated rings. The van der Waals surface area contributed by atoms with E-state index in [1.165, 1.54) is 22.5 Å². The number of piperidine rings is 1. The molecule has 5 nitrogen and oxygen atoms in total. The van der Waals surface area contributed by atoms with Gasteiger partial charge in [-0.15, -0.1) is 11.8 Å². The van der Waals surface area contributed by atoms with Crippen molar-refractivity contribution in [1.82, 2.24) is 4.31 Å². The minimum Gasteiger partial charge on any atom is -0.325 e. The summed E-state index contributed by atoms with van der Waals surface area (Å²) in [6.45, 7) is 2.70. The Labute approximate surface area is 173 Å². The van der Waals surface area contributed by atoms with Crippen LogP contribution in [0.1, 0.15) is 26.2 Å². The standard InChI is InChI=1S/C20H22F2N2O3S2/c1-14(28-16-7-10-18(21)19(22)13-16)20(25)23-15-5-8-17(9-6-15)29(26,27)24-11-3-2-4-12-24/h5-10,13-14H,2-4,11-12H2,1H3,(H,23,25). The Hall–Kier alpha value is -1.97. The Morgan fingerprint density at radius 1 is 1.03 bits per heavy atom. The highest BCUT2D eigenvalue weighted by Gasteiger charge is 2.25. The molecule has 0 spiro atoms. The van der Waals surface area contributed by atoms with Gasteiger partial charge in [-0.05, 0) is 62.2 Å². The molecule has 0 saturated carbocycles. The van der Waals surface area contributed by atoms with Gasteiger partial charge in [0.1, 0.15) is 0 Å². The third-order valence-electron chi connectivity index (χ3n) is 4.65. The Morgan fingerprint density at radius 2 is 1.69 bits per heavy atom. The molecule has 9 heteroatoms. The molecule has 0 bridgehead atoms. The fourth-order valence-corrected chi connectivity index (χ4v) is 5.43. The van der Waals surface area contributed by atoms with Crippen LogP contribution in [0.4, 0.5) is 14.5 Å². The summed E-state index contributed by atoms with van der Waals surface area (Å²) in [5.41, 5.74) is 0.463. The number of nitrogens with one attached hydrogen (secondary N) is 1. The van der Waals surface area contributed by atoms with Gasteiger partial charge in [-0.2, -0.15) is 4.31 Å². The number of anilines is 1. The van der Waals surface area contributed by atoms with Gasteiger partial charge in [0.2, 0.25) is 15.9 Å². The van der Waals surface area contributed by atoms with Gasteiger partial charge in [0.15, 0.2) is 11.6 Å². The molecular weight excluding hydrogens is 418 g/mol. The van der Waals surface area contributed by atoms with E-state index in [-0.39, 0.29) is 10.8 Å². The summed E-state index contributed by atoms with van der Waals surface area (Å²) < 4.78 is 53.1. The summed E-state index contributed by atoms with van der Waals surface area (Å²) in [6.07, 6.45) is 2.76. The third-order valence-corrected chi connectivity index (χ3v) is 7.65. The molecule has 2 aromatic carbocycles. The molecule has 1 N–H and O–H groups in total. The molecule has 2 aromatic rings. The maximum atomic E-state index is 13.3. The van der Waals surface area contributed by atoms with Gasteiger partial charge in [0, 0.05) is 23.7 Å². The average Bonchev–Trinajstić information content (AvgIpc) is 2.72. The third kappa shape index (κ3) is 5.34. The predicted molar refractivity (Wildman–Crippen MR) is 109 cm³/mol. The lowest BCUT2D eigenvalue weighted by Gasteiger charge is -2.25. The second-order valence-corrected chi connectivity index (χ2v) is 10.2. The van der Waals surface area contributed by atoms with E-state index in [0.717, 1.165) is 43.2 Å². The molecular formula is C20H22F2N2O3S2. The molecule has 0 aliphatic carbocycles. The largest absolute Gasteiger partial charge is 0.325 e. The van der Waals surface area contributed by atoms with E-state index < -0.39 is 26.9 Å². The molecule has 1 atom stereocenters. The number of carbonyl (C=O) groups is 1. The van der Waals surface area contributed by atoms with E-state index >= 15 is 0 Å². The fraction of sp³-hybridized carbons (Fsp3) is 0.350. The van der Waals surface area contributed by atoms with Crippen molar-refractivity contribution in [2.45, 2.75) is 41.2 Å². The van der Waals surface area contributed by atoms with Gasteiger partial charge < -0.3 is 5.32 Å². The number of rotatable bonds is 6. The van der Waals surface area contributed by atoms with Crippen LogP contribution in [-0.2, 0) is 14.8 Å². The summed E-state index contributed by atoms with van der Waals surface area (Å²) in [6, 6.07) is 9.52. The number of halogens is 2. The van der Waals surface area contributed by atoms with Crippen LogP contribution < -0.4 is 5.32 Å². The maximum Gasteiger partial charge on any atom is 0.243 e. The van der Waals surface area contributed by atoms with E-state index in [0.29, 0.717) is 23.7 Å². The van der Waals surface area contributed by atoms with Crippen LogP contribution >= 0.6 is 11.8 Å². The Balaban J connectivity index is 1.62. The zero-order valence-corrected chi connectivity index (χ0v) is 17.5. The van der Waals surface area contributed by atoms with Crippen molar-refractivity contribution in [3.05, 3.63) is 54.1 Å². The van der Waals surface area contributed by atoms with Crippen LogP contribution in [0.3, 0.4) is 0 Å². The fourth-order valence-electron chi connectivity index (χ4n) is 3.02. The first kappa shape index (κ1) is 21.7. The van der Waals surface area contributed by atoms with Crippen molar-refractivity contribution in [1.29, 1.82) is 0 Å². The molecule has 0 aromatic heterocycles. The number of benzene rings is 2. The van der Waals surface area contributed by atoms with E-state index in [1.807, 2.05) is 0 Å². The molecule has 29 heavy (non-hydrogen) atoms. The maximum absolute atomic E-state index is 13.3. The molecule has 1 saturated heterocycles. The van der Waals surface area contributed by atoms with Crippen molar-refractivity contribution in [2.75, 3.05) is 18.4 Å². The van der Waals surface area contributed by atoms with Crippen molar-refractivity contribution < 1.29 is 22.0 Å². The Morgan fingerprint density at radius 3 is 2.31 bits per heavy atom. The lowest BCUT2D eigenvalue weighted by molar-refractivity contribution is -0.115. The zero-order valence-electron chi connectivity index (χ0n) is 15.9. The van der Waals surface area contributed by atoms with Gasteiger partial charge in [-0.1, -0.05) is 6.42 Å². The van der Waals surface area contributed by atoms with E-state index in [2.05, 4.69) is 5.32 Å². The van der Waals surface area contributed by atoms with Gasteiger partial charge in [-0.3, -0.25) is 4.79 Å². The minimum absolute atomic E-state index is 0.196. The van der Waals surface area contributed by atoms with Crippen molar-refractivity contribution in [3.63, 3.8) is 0 Å². The zero-order chi connectivity index (χ0) is 21.0. The van der Waals surface area contributed by atoms with E-state index in [9.17, 15) is 22.0 Å².